The summed E-state index contributed by atoms with van der Waals surface area (Å²) in [6.07, 6.45) is 0.630. The summed E-state index contributed by atoms with van der Waals surface area (Å²) in [4.78, 5) is 26.6. The molecule has 136 valence electrons. The molecule has 1 aliphatic carbocycles. The van der Waals surface area contributed by atoms with E-state index >= 15 is 0 Å². The Balaban J connectivity index is 2.40. The molecule has 3 rings (SSSR count). The van der Waals surface area contributed by atoms with Gasteiger partial charge in [0.15, 0.2) is 17.2 Å². The van der Waals surface area contributed by atoms with Gasteiger partial charge in [-0.3, -0.25) is 15.3 Å². The van der Waals surface area contributed by atoms with Gasteiger partial charge < -0.3 is 9.80 Å². The highest BCUT2D eigenvalue weighted by Crippen LogP contribution is 2.40. The van der Waals surface area contributed by atoms with Crippen molar-refractivity contribution in [3.63, 3.8) is 0 Å². The Morgan fingerprint density at radius 1 is 0.962 bits per heavy atom. The van der Waals surface area contributed by atoms with E-state index in [1.54, 1.807) is 31.3 Å². The maximum absolute atomic E-state index is 13.4. The van der Waals surface area contributed by atoms with Crippen LogP contribution < -0.4 is 11.1 Å². The lowest BCUT2D eigenvalue weighted by molar-refractivity contribution is -0.932. The predicted octanol–water partition coefficient (Wildman–Crippen LogP) is 2.73. The van der Waals surface area contributed by atoms with Gasteiger partial charge in [-0.15, -0.1) is 0 Å². The maximum atomic E-state index is 13.4. The summed E-state index contributed by atoms with van der Waals surface area (Å²) in [7, 11) is 7.77. The molecule has 0 aliphatic heterocycles. The molecule has 0 amide bonds. The molecule has 0 aromatic heterocycles. The molecule has 1 unspecified atom stereocenters. The van der Waals surface area contributed by atoms with Gasteiger partial charge >= 0.3 is 0 Å². The van der Waals surface area contributed by atoms with Crippen LogP contribution in [0.3, 0.4) is 0 Å². The van der Waals surface area contributed by atoms with Crippen molar-refractivity contribution in [2.75, 3.05) is 33.5 Å². The molecule has 0 bridgehead atoms. The topological polar surface area (TPSA) is 72.2 Å². The number of benzene rings is 2. The fourth-order valence-corrected chi connectivity index (χ4v) is 3.82. The van der Waals surface area contributed by atoms with Crippen LogP contribution in [0.4, 0.5) is 5.69 Å². The van der Waals surface area contributed by atoms with Gasteiger partial charge in [-0.25, -0.2) is 0 Å². The van der Waals surface area contributed by atoms with Crippen molar-refractivity contribution in [1.82, 2.24) is 0 Å². The highest BCUT2D eigenvalue weighted by Gasteiger charge is 2.45. The fraction of sp³-hybridized carbons (Fsp3) is 0.333. The average Bonchev–Trinajstić information content (AvgIpc) is 2.63. The Hall–Kier alpha value is -2.50. The van der Waals surface area contributed by atoms with Crippen molar-refractivity contribution in [2.45, 2.75) is 19.0 Å². The molecule has 0 fully saturated rings. The molecule has 2 aromatic rings. The van der Waals surface area contributed by atoms with E-state index in [1.807, 2.05) is 40.2 Å². The van der Waals surface area contributed by atoms with Crippen LogP contribution >= 0.6 is 0 Å². The number of rotatable bonds is 4. The van der Waals surface area contributed by atoms with Crippen LogP contribution in [0.1, 0.15) is 50.8 Å². The van der Waals surface area contributed by atoms with Gasteiger partial charge in [0.1, 0.15) is 0 Å². The number of hydrogen-bond donors (Lipinski definition) is 2. The minimum absolute atomic E-state index is 0.138. The van der Waals surface area contributed by atoms with Crippen LogP contribution in [0.2, 0.25) is 0 Å². The standard InChI is InChI=1S/C21H25N3O2/c1-6-21(22,24(3,4)5)15-11-12-16(23-2)18-17(15)19(25)13-9-7-8-10-14(13)20(18)26/h7-12H,6,22H2,1-5H3/p+1. The summed E-state index contributed by atoms with van der Waals surface area (Å²) in [6.45, 7) is 2.00. The molecule has 5 nitrogen and oxygen atoms in total. The SMILES string of the molecule is CCC(N)(c1ccc(NC)c2c1C(=O)c1ccccc1C2=O)[N+](C)(C)C. The first-order valence-electron chi connectivity index (χ1n) is 8.81. The average molecular weight is 352 g/mol. The van der Waals surface area contributed by atoms with Crippen LogP contribution in [0.15, 0.2) is 36.4 Å². The summed E-state index contributed by atoms with van der Waals surface area (Å²) < 4.78 is 0.442. The third-order valence-electron chi connectivity index (χ3n) is 5.55. The number of hydrogen-bond acceptors (Lipinski definition) is 4. The van der Waals surface area contributed by atoms with Crippen LogP contribution in [0, 0.1) is 0 Å². The zero-order valence-electron chi connectivity index (χ0n) is 16.0. The minimum Gasteiger partial charge on any atom is -0.388 e. The van der Waals surface area contributed by atoms with Crippen molar-refractivity contribution in [1.29, 1.82) is 0 Å². The van der Waals surface area contributed by atoms with Gasteiger partial charge in [0.05, 0.1) is 26.7 Å². The van der Waals surface area contributed by atoms with E-state index in [2.05, 4.69) is 5.32 Å². The van der Waals surface area contributed by atoms with E-state index < -0.39 is 5.66 Å². The zero-order valence-corrected chi connectivity index (χ0v) is 16.0. The lowest BCUT2D eigenvalue weighted by Crippen LogP contribution is -2.61. The molecule has 1 aliphatic rings. The first-order chi connectivity index (χ1) is 12.2. The van der Waals surface area contributed by atoms with Gasteiger partial charge in [0.2, 0.25) is 0 Å². The van der Waals surface area contributed by atoms with Gasteiger partial charge in [0, 0.05) is 41.4 Å². The Morgan fingerprint density at radius 3 is 1.96 bits per heavy atom. The Bertz CT molecular complexity index is 912. The molecule has 26 heavy (non-hydrogen) atoms. The molecule has 0 saturated carbocycles. The minimum atomic E-state index is -0.793. The van der Waals surface area contributed by atoms with Crippen LogP contribution in [-0.4, -0.2) is 44.2 Å². The molecular weight excluding hydrogens is 326 g/mol. The second kappa shape index (κ2) is 6.04. The zero-order chi connectivity index (χ0) is 19.3. The van der Waals surface area contributed by atoms with Gasteiger partial charge in [0.25, 0.3) is 0 Å². The normalized spacial score (nSPS) is 15.9. The number of nitrogens with two attached hydrogens (primary N) is 1. The molecule has 0 radical (unpaired) electrons. The van der Waals surface area contributed by atoms with Crippen molar-refractivity contribution < 1.29 is 14.1 Å². The summed E-state index contributed by atoms with van der Waals surface area (Å²) in [5.74, 6) is -0.278. The number of nitrogens with zero attached hydrogens (tertiary/aromatic N) is 1. The molecule has 0 spiro atoms. The summed E-state index contributed by atoms with van der Waals surface area (Å²) in [5, 5.41) is 3.05. The summed E-state index contributed by atoms with van der Waals surface area (Å²) in [6, 6.07) is 10.7. The smallest absolute Gasteiger partial charge is 0.196 e. The third-order valence-corrected chi connectivity index (χ3v) is 5.55. The molecule has 5 heteroatoms. The number of carbonyl (C=O) groups excluding carboxylic acids is 2. The van der Waals surface area contributed by atoms with E-state index in [0.717, 1.165) is 0 Å². The van der Waals surface area contributed by atoms with Crippen LogP contribution in [0.25, 0.3) is 0 Å². The van der Waals surface area contributed by atoms with E-state index in [-0.39, 0.29) is 11.6 Å². The number of ketones is 2. The molecule has 0 saturated heterocycles. The van der Waals surface area contributed by atoms with Crippen molar-refractivity contribution >= 4 is 17.3 Å². The predicted molar refractivity (Wildman–Crippen MR) is 103 cm³/mol. The molecule has 1 atom stereocenters. The highest BCUT2D eigenvalue weighted by atomic mass is 16.1. The number of nitrogens with one attached hydrogen (secondary N) is 1. The van der Waals surface area contributed by atoms with E-state index in [4.69, 9.17) is 5.73 Å². The third kappa shape index (κ3) is 2.39. The second-order valence-corrected chi connectivity index (χ2v) is 7.65. The van der Waals surface area contributed by atoms with Crippen molar-refractivity contribution in [3.05, 3.63) is 64.2 Å². The van der Waals surface area contributed by atoms with Crippen LogP contribution in [0.5, 0.6) is 0 Å². The van der Waals surface area contributed by atoms with Gasteiger partial charge in [-0.1, -0.05) is 31.2 Å². The molecule has 0 heterocycles. The van der Waals surface area contributed by atoms with Gasteiger partial charge in [-0.2, -0.15) is 0 Å². The molecule has 3 N–H and O–H groups in total. The monoisotopic (exact) mass is 352 g/mol. The van der Waals surface area contributed by atoms with Crippen molar-refractivity contribution in [2.24, 2.45) is 5.73 Å². The van der Waals surface area contributed by atoms with E-state index in [0.29, 0.717) is 44.4 Å². The second-order valence-electron chi connectivity index (χ2n) is 7.65. The van der Waals surface area contributed by atoms with E-state index in [1.165, 1.54) is 0 Å². The lowest BCUT2D eigenvalue weighted by atomic mass is 9.77. The highest BCUT2D eigenvalue weighted by molar-refractivity contribution is 6.30. The maximum Gasteiger partial charge on any atom is 0.196 e. The summed E-state index contributed by atoms with van der Waals surface area (Å²) in [5.41, 5.74) is 9.14. The quantitative estimate of drug-likeness (QED) is 0.559. The largest absolute Gasteiger partial charge is 0.388 e. The number of quaternary nitrogens is 1. The fourth-order valence-electron chi connectivity index (χ4n) is 3.82. The molecular formula is C21H26N3O2+. The molecule has 2 aromatic carbocycles. The Morgan fingerprint density at radius 2 is 1.50 bits per heavy atom. The first-order valence-corrected chi connectivity index (χ1v) is 8.81. The first kappa shape index (κ1) is 18.3. The lowest BCUT2D eigenvalue weighted by Gasteiger charge is -2.44. The summed E-state index contributed by atoms with van der Waals surface area (Å²) >= 11 is 0. The number of anilines is 1. The van der Waals surface area contributed by atoms with Gasteiger partial charge in [-0.05, 0) is 12.1 Å². The van der Waals surface area contributed by atoms with Crippen LogP contribution in [-0.2, 0) is 5.66 Å². The number of fused-ring (bicyclic) bond motifs is 2. The Kier molecular flexibility index (Phi) is 4.25. The number of carbonyl (C=O) groups is 2. The van der Waals surface area contributed by atoms with Crippen molar-refractivity contribution in [3.8, 4) is 0 Å². The van der Waals surface area contributed by atoms with E-state index in [9.17, 15) is 9.59 Å². The Labute approximate surface area is 154 Å².